The molecule has 1 aromatic heterocycles. The highest BCUT2D eigenvalue weighted by atomic mass is 32.2. The summed E-state index contributed by atoms with van der Waals surface area (Å²) >= 11 is 4.41. The average molecular weight is 459 g/mol. The van der Waals surface area contributed by atoms with Gasteiger partial charge in [-0.25, -0.2) is 4.79 Å². The molecule has 158 valence electrons. The highest BCUT2D eigenvalue weighted by Crippen LogP contribution is 2.41. The molecular formula is C17H22N4O5S3. The quantitative estimate of drug-likeness (QED) is 0.278. The monoisotopic (exact) mass is 458 g/mol. The zero-order valence-electron chi connectivity index (χ0n) is 16.4. The lowest BCUT2D eigenvalue weighted by Crippen LogP contribution is -2.68. The molecule has 12 heteroatoms. The summed E-state index contributed by atoms with van der Waals surface area (Å²) in [5.41, 5.74) is 6.80. The van der Waals surface area contributed by atoms with Crippen LogP contribution in [0.15, 0.2) is 15.6 Å². The first kappa shape index (κ1) is 22.1. The maximum atomic E-state index is 12.9. The molecule has 1 saturated heterocycles. The number of β-lactam (4-membered cyclic amide) rings is 1. The molecule has 1 amide bonds. The van der Waals surface area contributed by atoms with Gasteiger partial charge >= 0.3 is 11.9 Å². The minimum absolute atomic E-state index is 0.182. The number of amides is 1. The van der Waals surface area contributed by atoms with E-state index in [1.54, 1.807) is 13.8 Å². The van der Waals surface area contributed by atoms with E-state index in [0.29, 0.717) is 11.5 Å². The Balaban J connectivity index is 1.77. The van der Waals surface area contributed by atoms with Gasteiger partial charge in [-0.1, -0.05) is 36.9 Å². The van der Waals surface area contributed by atoms with Crippen molar-refractivity contribution in [1.82, 2.24) is 15.1 Å². The second kappa shape index (κ2) is 9.02. The number of carbonyl (C=O) groups is 3. The van der Waals surface area contributed by atoms with Crippen molar-refractivity contribution in [1.29, 1.82) is 0 Å². The molecular weight excluding hydrogens is 436 g/mol. The summed E-state index contributed by atoms with van der Waals surface area (Å²) in [4.78, 5) is 38.3. The van der Waals surface area contributed by atoms with Crippen molar-refractivity contribution in [2.45, 2.75) is 49.7 Å². The van der Waals surface area contributed by atoms with Crippen LogP contribution >= 0.6 is 34.9 Å². The van der Waals surface area contributed by atoms with Gasteiger partial charge in [-0.3, -0.25) is 14.5 Å². The van der Waals surface area contributed by atoms with Crippen LogP contribution in [0.4, 0.5) is 0 Å². The predicted octanol–water partition coefficient (Wildman–Crippen LogP) is 1.52. The van der Waals surface area contributed by atoms with E-state index in [9.17, 15) is 14.4 Å². The first-order chi connectivity index (χ1) is 13.7. The van der Waals surface area contributed by atoms with E-state index in [4.69, 9.17) is 15.2 Å². The van der Waals surface area contributed by atoms with Gasteiger partial charge in [0.2, 0.25) is 12.2 Å². The Morgan fingerprint density at radius 2 is 2.03 bits per heavy atom. The Bertz CT molecular complexity index is 856. The molecule has 0 radical (unpaired) electrons. The fourth-order valence-corrected chi connectivity index (χ4v) is 5.94. The highest BCUT2D eigenvalue weighted by molar-refractivity contribution is 8.01. The van der Waals surface area contributed by atoms with Gasteiger partial charge in [0.05, 0.1) is 5.92 Å². The number of aromatic nitrogens is 2. The first-order valence-corrected chi connectivity index (χ1v) is 11.8. The Kier molecular flexibility index (Phi) is 6.87. The van der Waals surface area contributed by atoms with Gasteiger partial charge in [-0.05, 0) is 12.5 Å². The molecule has 3 heterocycles. The van der Waals surface area contributed by atoms with Crippen LogP contribution in [0, 0.1) is 12.8 Å². The summed E-state index contributed by atoms with van der Waals surface area (Å²) in [5.74, 6) is -0.849. The molecule has 0 aromatic carbocycles. The smallest absolute Gasteiger partial charge is 0.358 e. The van der Waals surface area contributed by atoms with E-state index in [0.717, 1.165) is 14.9 Å². The number of aryl methyl sites for hydroxylation is 1. The third kappa shape index (κ3) is 4.76. The second-order valence-electron chi connectivity index (χ2n) is 6.83. The molecule has 1 fully saturated rings. The standard InChI is InChI=1S/C17H22N4O5S3/c1-7(2)15(23)25-9(4)26-16(24)12-10(6-28-17-20-19-8(3)29-17)5-27-14-11(18)13(22)21(12)14/h7,9,11,14H,5-6,18H2,1-4H3/t9?,11?,14-/m0/s1. The normalized spacial score (nSPS) is 22.3. The Morgan fingerprint density at radius 1 is 1.31 bits per heavy atom. The maximum Gasteiger partial charge on any atom is 0.358 e. The van der Waals surface area contributed by atoms with Crippen LogP contribution in [0.1, 0.15) is 25.8 Å². The van der Waals surface area contributed by atoms with E-state index in [1.165, 1.54) is 46.7 Å². The van der Waals surface area contributed by atoms with Gasteiger partial charge in [-0.15, -0.1) is 22.0 Å². The van der Waals surface area contributed by atoms with Crippen molar-refractivity contribution in [2.24, 2.45) is 11.7 Å². The number of hydrogen-bond acceptors (Lipinski definition) is 11. The molecule has 9 nitrogen and oxygen atoms in total. The fraction of sp³-hybridized carbons (Fsp3) is 0.588. The van der Waals surface area contributed by atoms with Crippen LogP contribution in [0.25, 0.3) is 0 Å². The Morgan fingerprint density at radius 3 is 2.66 bits per heavy atom. The van der Waals surface area contributed by atoms with Crippen molar-refractivity contribution in [3.63, 3.8) is 0 Å². The number of carbonyl (C=O) groups excluding carboxylic acids is 3. The summed E-state index contributed by atoms with van der Waals surface area (Å²) in [5, 5.41) is 8.61. The molecule has 3 atom stereocenters. The van der Waals surface area contributed by atoms with Crippen molar-refractivity contribution < 1.29 is 23.9 Å². The van der Waals surface area contributed by atoms with E-state index in [-0.39, 0.29) is 22.9 Å². The van der Waals surface area contributed by atoms with Gasteiger partial charge < -0.3 is 15.2 Å². The molecule has 0 spiro atoms. The number of rotatable bonds is 7. The minimum atomic E-state index is -1.07. The molecule has 2 aliphatic rings. The van der Waals surface area contributed by atoms with Crippen LogP contribution < -0.4 is 5.73 Å². The Labute approximate surface area is 180 Å². The fourth-order valence-electron chi connectivity index (χ4n) is 2.70. The second-order valence-corrected chi connectivity index (χ2v) is 10.3. The number of thioether (sulfide) groups is 2. The summed E-state index contributed by atoms with van der Waals surface area (Å²) in [6.07, 6.45) is -1.07. The summed E-state index contributed by atoms with van der Waals surface area (Å²) < 4.78 is 11.2. The first-order valence-electron chi connectivity index (χ1n) is 8.95. The lowest BCUT2D eigenvalue weighted by molar-refractivity contribution is -0.186. The molecule has 2 N–H and O–H groups in total. The van der Waals surface area contributed by atoms with Gasteiger partial charge in [0, 0.05) is 18.4 Å². The molecule has 3 rings (SSSR count). The van der Waals surface area contributed by atoms with Gasteiger partial charge in [0.15, 0.2) is 4.34 Å². The summed E-state index contributed by atoms with van der Waals surface area (Å²) in [7, 11) is 0. The molecule has 0 aliphatic carbocycles. The molecule has 0 saturated carbocycles. The topological polar surface area (TPSA) is 125 Å². The number of nitrogens with two attached hydrogens (primary N) is 1. The minimum Gasteiger partial charge on any atom is -0.425 e. The third-order valence-corrected chi connectivity index (χ3v) is 7.60. The highest BCUT2D eigenvalue weighted by Gasteiger charge is 2.52. The van der Waals surface area contributed by atoms with Crippen molar-refractivity contribution in [3.05, 3.63) is 16.3 Å². The summed E-state index contributed by atoms with van der Waals surface area (Å²) in [6.45, 7) is 6.71. The predicted molar refractivity (Wildman–Crippen MR) is 110 cm³/mol. The zero-order chi connectivity index (χ0) is 21.3. The summed E-state index contributed by atoms with van der Waals surface area (Å²) in [6, 6.07) is -0.640. The molecule has 29 heavy (non-hydrogen) atoms. The molecule has 0 bridgehead atoms. The zero-order valence-corrected chi connectivity index (χ0v) is 18.9. The van der Waals surface area contributed by atoms with Crippen LogP contribution in [0.3, 0.4) is 0 Å². The van der Waals surface area contributed by atoms with Crippen LogP contribution in [-0.2, 0) is 23.9 Å². The number of esters is 2. The number of ether oxygens (including phenoxy) is 2. The van der Waals surface area contributed by atoms with Gasteiger partial charge in [0.1, 0.15) is 22.1 Å². The van der Waals surface area contributed by atoms with Crippen molar-refractivity contribution in [2.75, 3.05) is 11.5 Å². The molecule has 2 aliphatic heterocycles. The van der Waals surface area contributed by atoms with E-state index in [1.807, 2.05) is 6.92 Å². The van der Waals surface area contributed by atoms with Crippen molar-refractivity contribution >= 4 is 52.7 Å². The van der Waals surface area contributed by atoms with Gasteiger partial charge in [0.25, 0.3) is 0 Å². The van der Waals surface area contributed by atoms with Crippen LogP contribution in [0.2, 0.25) is 0 Å². The van der Waals surface area contributed by atoms with Crippen LogP contribution in [0.5, 0.6) is 0 Å². The molecule has 2 unspecified atom stereocenters. The number of hydrogen-bond donors (Lipinski definition) is 1. The average Bonchev–Trinajstić information content (AvgIpc) is 3.09. The van der Waals surface area contributed by atoms with E-state index >= 15 is 0 Å². The number of nitrogens with zero attached hydrogens (tertiary/aromatic N) is 3. The van der Waals surface area contributed by atoms with E-state index in [2.05, 4.69) is 10.2 Å². The van der Waals surface area contributed by atoms with Crippen LogP contribution in [-0.4, -0.2) is 62.2 Å². The van der Waals surface area contributed by atoms with Gasteiger partial charge in [-0.2, -0.15) is 0 Å². The molecule has 1 aromatic rings. The largest absolute Gasteiger partial charge is 0.425 e. The maximum absolute atomic E-state index is 12.9. The SMILES string of the molecule is Cc1nnc(SCC2=C(C(=O)OC(C)OC(=O)C(C)C)N3C(=O)C(N)[C@@H]3SC2)s1. The lowest BCUT2D eigenvalue weighted by atomic mass is 10.0. The number of fused-ring (bicyclic) bond motifs is 1. The third-order valence-electron chi connectivity index (χ3n) is 4.19. The van der Waals surface area contributed by atoms with E-state index < -0.39 is 24.3 Å². The van der Waals surface area contributed by atoms with Crippen molar-refractivity contribution in [3.8, 4) is 0 Å². The lowest BCUT2D eigenvalue weighted by Gasteiger charge is -2.48. The Hall–Kier alpha value is -1.63.